The number of halogens is 3. The van der Waals surface area contributed by atoms with Gasteiger partial charge in [0.1, 0.15) is 12.3 Å². The molecule has 0 fully saturated rings. The SMILES string of the molecule is CN(C(=O)Cn1ccc2c(Oc3nc(CN)cc(C(F)(F)F)n3)cccc21)c1ccccc1. The summed E-state index contributed by atoms with van der Waals surface area (Å²) in [6, 6.07) is 16.3. The number of rotatable bonds is 6. The van der Waals surface area contributed by atoms with Crippen LogP contribution in [0.5, 0.6) is 11.8 Å². The second-order valence-electron chi connectivity index (χ2n) is 7.25. The van der Waals surface area contributed by atoms with Gasteiger partial charge in [-0.2, -0.15) is 23.1 Å². The maximum Gasteiger partial charge on any atom is 0.433 e. The topological polar surface area (TPSA) is 86.3 Å². The van der Waals surface area contributed by atoms with E-state index >= 15 is 0 Å². The smallest absolute Gasteiger partial charge is 0.424 e. The number of benzene rings is 2. The Labute approximate surface area is 187 Å². The fraction of sp³-hybridized carbons (Fsp3) is 0.174. The van der Waals surface area contributed by atoms with Crippen molar-refractivity contribution in [1.82, 2.24) is 14.5 Å². The second-order valence-corrected chi connectivity index (χ2v) is 7.25. The number of nitrogens with zero attached hydrogens (tertiary/aromatic N) is 4. The molecule has 0 unspecified atom stereocenters. The van der Waals surface area contributed by atoms with E-state index in [1.54, 1.807) is 47.0 Å². The molecule has 0 bridgehead atoms. The van der Waals surface area contributed by atoms with Gasteiger partial charge in [-0.05, 0) is 36.4 Å². The first-order chi connectivity index (χ1) is 15.8. The summed E-state index contributed by atoms with van der Waals surface area (Å²) in [5, 5.41) is 0.600. The molecular formula is C23H20F3N5O2. The summed E-state index contributed by atoms with van der Waals surface area (Å²) in [6.07, 6.45) is -2.95. The molecule has 0 saturated carbocycles. The Hall–Kier alpha value is -3.92. The zero-order chi connectivity index (χ0) is 23.6. The molecule has 2 aromatic heterocycles. The van der Waals surface area contributed by atoms with E-state index in [2.05, 4.69) is 9.97 Å². The van der Waals surface area contributed by atoms with E-state index in [9.17, 15) is 18.0 Å². The Balaban J connectivity index is 1.61. The van der Waals surface area contributed by atoms with Crippen LogP contribution in [0.25, 0.3) is 10.9 Å². The number of nitrogens with two attached hydrogens (primary N) is 1. The van der Waals surface area contributed by atoms with Gasteiger partial charge in [-0.1, -0.05) is 24.3 Å². The number of aromatic nitrogens is 3. The number of fused-ring (bicyclic) bond motifs is 1. The van der Waals surface area contributed by atoms with Crippen LogP contribution in [-0.2, 0) is 24.1 Å². The van der Waals surface area contributed by atoms with Crippen molar-refractivity contribution < 1.29 is 22.7 Å². The van der Waals surface area contributed by atoms with Crippen molar-refractivity contribution in [3.8, 4) is 11.8 Å². The van der Waals surface area contributed by atoms with Crippen LogP contribution in [0.4, 0.5) is 18.9 Å². The highest BCUT2D eigenvalue weighted by Gasteiger charge is 2.34. The first kappa shape index (κ1) is 22.3. The molecule has 0 aliphatic carbocycles. The summed E-state index contributed by atoms with van der Waals surface area (Å²) >= 11 is 0. The third-order valence-corrected chi connectivity index (χ3v) is 5.06. The van der Waals surface area contributed by atoms with Crippen LogP contribution in [0.15, 0.2) is 66.9 Å². The third-order valence-electron chi connectivity index (χ3n) is 5.06. The fourth-order valence-electron chi connectivity index (χ4n) is 3.34. The van der Waals surface area contributed by atoms with Gasteiger partial charge >= 0.3 is 12.2 Å². The molecule has 0 aliphatic rings. The predicted octanol–water partition coefficient (Wildman–Crippen LogP) is 4.36. The van der Waals surface area contributed by atoms with Crippen molar-refractivity contribution in [2.45, 2.75) is 19.3 Å². The lowest BCUT2D eigenvalue weighted by molar-refractivity contribution is -0.141. The molecule has 2 N–H and O–H groups in total. The van der Waals surface area contributed by atoms with Crippen LogP contribution in [0.3, 0.4) is 0 Å². The van der Waals surface area contributed by atoms with Gasteiger partial charge in [0.15, 0.2) is 5.69 Å². The Kier molecular flexibility index (Phi) is 6.01. The highest BCUT2D eigenvalue weighted by molar-refractivity contribution is 5.94. The molecule has 0 aliphatic heterocycles. The largest absolute Gasteiger partial charge is 0.433 e. The Morgan fingerprint density at radius 2 is 1.85 bits per heavy atom. The minimum Gasteiger partial charge on any atom is -0.424 e. The molecule has 0 radical (unpaired) electrons. The molecule has 10 heteroatoms. The van der Waals surface area contributed by atoms with Crippen LogP contribution in [0.1, 0.15) is 11.4 Å². The number of hydrogen-bond acceptors (Lipinski definition) is 5. The van der Waals surface area contributed by atoms with Crippen molar-refractivity contribution in [2.24, 2.45) is 5.73 Å². The van der Waals surface area contributed by atoms with Crippen LogP contribution in [0.2, 0.25) is 0 Å². The maximum atomic E-state index is 13.2. The zero-order valence-electron chi connectivity index (χ0n) is 17.6. The molecular weight excluding hydrogens is 435 g/mol. The van der Waals surface area contributed by atoms with Gasteiger partial charge < -0.3 is 19.9 Å². The number of amides is 1. The number of para-hydroxylation sites is 1. The molecule has 4 aromatic rings. The Morgan fingerprint density at radius 3 is 2.55 bits per heavy atom. The number of likely N-dealkylation sites (N-methyl/N-ethyl adjacent to an activating group) is 1. The van der Waals surface area contributed by atoms with E-state index in [-0.39, 0.29) is 30.4 Å². The van der Waals surface area contributed by atoms with Gasteiger partial charge in [-0.25, -0.2) is 0 Å². The zero-order valence-corrected chi connectivity index (χ0v) is 17.6. The van der Waals surface area contributed by atoms with E-state index in [1.165, 1.54) is 0 Å². The first-order valence-electron chi connectivity index (χ1n) is 9.99. The maximum absolute atomic E-state index is 13.2. The average Bonchev–Trinajstić information content (AvgIpc) is 3.22. The Morgan fingerprint density at radius 1 is 1.09 bits per heavy atom. The van der Waals surface area contributed by atoms with E-state index < -0.39 is 17.9 Å². The molecule has 2 heterocycles. The Bertz CT molecular complexity index is 1290. The number of carbonyl (C=O) groups is 1. The molecule has 170 valence electrons. The van der Waals surface area contributed by atoms with Crippen molar-refractivity contribution in [3.05, 3.63) is 78.2 Å². The minimum atomic E-state index is -4.66. The highest BCUT2D eigenvalue weighted by atomic mass is 19.4. The van der Waals surface area contributed by atoms with Gasteiger partial charge in [-0.15, -0.1) is 0 Å². The third kappa shape index (κ3) is 4.80. The summed E-state index contributed by atoms with van der Waals surface area (Å²) < 4.78 is 46.8. The lowest BCUT2D eigenvalue weighted by Crippen LogP contribution is -2.29. The summed E-state index contributed by atoms with van der Waals surface area (Å²) in [6.45, 7) is -0.130. The normalized spacial score (nSPS) is 11.5. The minimum absolute atomic E-state index is 0.00613. The number of carbonyl (C=O) groups excluding carboxylic acids is 1. The molecule has 7 nitrogen and oxygen atoms in total. The first-order valence-corrected chi connectivity index (χ1v) is 9.99. The average molecular weight is 455 g/mol. The van der Waals surface area contributed by atoms with E-state index in [0.29, 0.717) is 10.9 Å². The van der Waals surface area contributed by atoms with Crippen molar-refractivity contribution >= 4 is 22.5 Å². The molecule has 33 heavy (non-hydrogen) atoms. The number of hydrogen-bond donors (Lipinski definition) is 1. The van der Waals surface area contributed by atoms with Crippen LogP contribution < -0.4 is 15.4 Å². The highest BCUT2D eigenvalue weighted by Crippen LogP contribution is 2.32. The van der Waals surface area contributed by atoms with E-state index in [0.717, 1.165) is 11.8 Å². The van der Waals surface area contributed by atoms with Crippen molar-refractivity contribution in [3.63, 3.8) is 0 Å². The fourth-order valence-corrected chi connectivity index (χ4v) is 3.34. The molecule has 0 spiro atoms. The monoisotopic (exact) mass is 455 g/mol. The van der Waals surface area contributed by atoms with Crippen molar-refractivity contribution in [1.29, 1.82) is 0 Å². The van der Waals surface area contributed by atoms with Gasteiger partial charge in [0.2, 0.25) is 5.91 Å². The molecule has 0 saturated heterocycles. The molecule has 0 atom stereocenters. The van der Waals surface area contributed by atoms with Crippen molar-refractivity contribution in [2.75, 3.05) is 11.9 Å². The predicted molar refractivity (Wildman–Crippen MR) is 117 cm³/mol. The summed E-state index contributed by atoms with van der Waals surface area (Å²) in [7, 11) is 1.69. The standard InChI is InChI=1S/C23H20F3N5O2/c1-30(16-6-3-2-4-7-16)21(32)14-31-11-10-17-18(31)8-5-9-19(17)33-22-28-15(13-27)12-20(29-22)23(24,25)26/h2-12H,13-14,27H2,1H3. The molecule has 4 rings (SSSR count). The van der Waals surface area contributed by atoms with Crippen LogP contribution in [0, 0.1) is 0 Å². The number of anilines is 1. The van der Waals surface area contributed by atoms with Gasteiger partial charge in [0.25, 0.3) is 0 Å². The lowest BCUT2D eigenvalue weighted by atomic mass is 10.2. The van der Waals surface area contributed by atoms with E-state index in [1.807, 2.05) is 30.3 Å². The van der Waals surface area contributed by atoms with Gasteiger partial charge in [0, 0.05) is 30.9 Å². The second kappa shape index (κ2) is 8.91. The number of alkyl halides is 3. The molecule has 1 amide bonds. The lowest BCUT2D eigenvalue weighted by Gasteiger charge is -2.18. The van der Waals surface area contributed by atoms with Crippen LogP contribution in [-0.4, -0.2) is 27.5 Å². The quantitative estimate of drug-likeness (QED) is 0.467. The summed E-state index contributed by atoms with van der Waals surface area (Å²) in [5.74, 6) is 0.122. The van der Waals surface area contributed by atoms with Crippen LogP contribution >= 0.6 is 0 Å². The number of ether oxygens (including phenoxy) is 1. The van der Waals surface area contributed by atoms with E-state index in [4.69, 9.17) is 10.5 Å². The van der Waals surface area contributed by atoms with Gasteiger partial charge in [0.05, 0.1) is 11.2 Å². The van der Waals surface area contributed by atoms with Gasteiger partial charge in [-0.3, -0.25) is 4.79 Å². The molecule has 2 aromatic carbocycles. The summed E-state index contributed by atoms with van der Waals surface area (Å²) in [5.41, 5.74) is 5.79. The summed E-state index contributed by atoms with van der Waals surface area (Å²) in [4.78, 5) is 21.8.